The molecule has 1 saturated heterocycles. The van der Waals surface area contributed by atoms with Crippen LogP contribution in [0.1, 0.15) is 30.9 Å². The zero-order valence-electron chi connectivity index (χ0n) is 11.2. The van der Waals surface area contributed by atoms with E-state index in [0.717, 1.165) is 19.6 Å². The molecule has 1 N–H and O–H groups in total. The lowest BCUT2D eigenvalue weighted by molar-refractivity contribution is 0.233. The van der Waals surface area contributed by atoms with Gasteiger partial charge in [0.1, 0.15) is 0 Å². The molecule has 1 aromatic carbocycles. The van der Waals surface area contributed by atoms with Crippen LogP contribution in [-0.2, 0) is 6.54 Å². The first-order valence-corrected chi connectivity index (χ1v) is 6.27. The van der Waals surface area contributed by atoms with Crippen LogP contribution < -0.4 is 5.32 Å². The van der Waals surface area contributed by atoms with Crippen molar-refractivity contribution in [3.05, 3.63) is 35.4 Å². The molecule has 0 saturated carbocycles. The van der Waals surface area contributed by atoms with Gasteiger partial charge in [0, 0.05) is 32.7 Å². The molecule has 104 valence electrons. The standard InChI is InChI=1S/C14H22N2.2ClH/c1-12(2)14-5-3-13(4-6-14)11-16-9-7-15-8-10-16;;/h3-6,12,15H,7-11H2,1-2H3;2*1H. The third kappa shape index (κ3) is 5.15. The summed E-state index contributed by atoms with van der Waals surface area (Å²) in [6.45, 7) is 10.2. The Kier molecular flexibility index (Phi) is 8.62. The highest BCUT2D eigenvalue weighted by atomic mass is 35.5. The van der Waals surface area contributed by atoms with Crippen molar-refractivity contribution in [1.29, 1.82) is 0 Å². The van der Waals surface area contributed by atoms with E-state index >= 15 is 0 Å². The molecule has 0 aromatic heterocycles. The largest absolute Gasteiger partial charge is 0.314 e. The average Bonchev–Trinajstić information content (AvgIpc) is 2.31. The molecule has 0 amide bonds. The average molecular weight is 291 g/mol. The van der Waals surface area contributed by atoms with Crippen molar-refractivity contribution in [2.24, 2.45) is 0 Å². The predicted molar refractivity (Wildman–Crippen MR) is 83.2 cm³/mol. The Balaban J connectivity index is 0.00000144. The fourth-order valence-electron chi connectivity index (χ4n) is 2.14. The number of hydrogen-bond acceptors (Lipinski definition) is 2. The lowest BCUT2D eigenvalue weighted by Gasteiger charge is -2.27. The highest BCUT2D eigenvalue weighted by Gasteiger charge is 2.09. The molecular weight excluding hydrogens is 267 g/mol. The Morgan fingerprint density at radius 1 is 1.06 bits per heavy atom. The Labute approximate surface area is 123 Å². The third-order valence-corrected chi connectivity index (χ3v) is 3.26. The van der Waals surface area contributed by atoms with Crippen molar-refractivity contribution in [3.8, 4) is 0 Å². The van der Waals surface area contributed by atoms with Crippen LogP contribution in [0, 0.1) is 0 Å². The normalized spacial score (nSPS) is 15.9. The molecule has 1 fully saturated rings. The number of hydrogen-bond donors (Lipinski definition) is 1. The van der Waals surface area contributed by atoms with Gasteiger partial charge in [0.15, 0.2) is 0 Å². The van der Waals surface area contributed by atoms with Crippen molar-refractivity contribution in [2.75, 3.05) is 26.2 Å². The van der Waals surface area contributed by atoms with Crippen LogP contribution in [0.3, 0.4) is 0 Å². The number of halogens is 2. The van der Waals surface area contributed by atoms with Crippen LogP contribution in [0.15, 0.2) is 24.3 Å². The van der Waals surface area contributed by atoms with E-state index in [1.54, 1.807) is 0 Å². The first kappa shape index (κ1) is 17.7. The molecule has 18 heavy (non-hydrogen) atoms. The molecule has 2 nitrogen and oxygen atoms in total. The monoisotopic (exact) mass is 290 g/mol. The maximum atomic E-state index is 3.38. The van der Waals surface area contributed by atoms with Crippen LogP contribution in [-0.4, -0.2) is 31.1 Å². The van der Waals surface area contributed by atoms with E-state index in [9.17, 15) is 0 Å². The summed E-state index contributed by atoms with van der Waals surface area (Å²) in [4.78, 5) is 2.51. The van der Waals surface area contributed by atoms with Gasteiger partial charge < -0.3 is 5.32 Å². The van der Waals surface area contributed by atoms with E-state index in [2.05, 4.69) is 48.3 Å². The van der Waals surface area contributed by atoms with E-state index in [0.29, 0.717) is 5.92 Å². The molecule has 1 aliphatic heterocycles. The second-order valence-electron chi connectivity index (χ2n) is 4.92. The molecule has 1 aliphatic rings. The third-order valence-electron chi connectivity index (χ3n) is 3.26. The topological polar surface area (TPSA) is 15.3 Å². The summed E-state index contributed by atoms with van der Waals surface area (Å²) in [5, 5.41) is 3.38. The fourth-order valence-corrected chi connectivity index (χ4v) is 2.14. The fraction of sp³-hybridized carbons (Fsp3) is 0.571. The summed E-state index contributed by atoms with van der Waals surface area (Å²) in [5.41, 5.74) is 2.87. The van der Waals surface area contributed by atoms with Crippen molar-refractivity contribution in [1.82, 2.24) is 10.2 Å². The van der Waals surface area contributed by atoms with Crippen molar-refractivity contribution < 1.29 is 0 Å². The van der Waals surface area contributed by atoms with Crippen LogP contribution >= 0.6 is 24.8 Å². The summed E-state index contributed by atoms with van der Waals surface area (Å²) >= 11 is 0. The summed E-state index contributed by atoms with van der Waals surface area (Å²) in [7, 11) is 0. The molecule has 0 spiro atoms. The minimum Gasteiger partial charge on any atom is -0.314 e. The number of nitrogens with zero attached hydrogens (tertiary/aromatic N) is 1. The van der Waals surface area contributed by atoms with Crippen molar-refractivity contribution in [2.45, 2.75) is 26.3 Å². The quantitative estimate of drug-likeness (QED) is 0.921. The van der Waals surface area contributed by atoms with Gasteiger partial charge in [0.2, 0.25) is 0 Å². The van der Waals surface area contributed by atoms with Gasteiger partial charge in [-0.15, -0.1) is 24.8 Å². The van der Waals surface area contributed by atoms with Gasteiger partial charge in [-0.25, -0.2) is 0 Å². The highest BCUT2D eigenvalue weighted by Crippen LogP contribution is 2.15. The van der Waals surface area contributed by atoms with Gasteiger partial charge in [0.05, 0.1) is 0 Å². The maximum Gasteiger partial charge on any atom is 0.0234 e. The Bertz CT molecular complexity index is 319. The number of benzene rings is 1. The molecule has 2 rings (SSSR count). The maximum absolute atomic E-state index is 3.38. The van der Waals surface area contributed by atoms with Crippen molar-refractivity contribution >= 4 is 24.8 Å². The van der Waals surface area contributed by atoms with Crippen LogP contribution in [0.4, 0.5) is 0 Å². The summed E-state index contributed by atoms with van der Waals surface area (Å²) in [5.74, 6) is 0.633. The Hall–Kier alpha value is -0.280. The van der Waals surface area contributed by atoms with E-state index in [1.807, 2.05) is 0 Å². The molecular formula is C14H24Cl2N2. The number of piperazine rings is 1. The van der Waals surface area contributed by atoms with E-state index < -0.39 is 0 Å². The molecule has 1 heterocycles. The Morgan fingerprint density at radius 2 is 1.61 bits per heavy atom. The van der Waals surface area contributed by atoms with Crippen molar-refractivity contribution in [3.63, 3.8) is 0 Å². The smallest absolute Gasteiger partial charge is 0.0234 e. The molecule has 0 unspecified atom stereocenters. The first-order chi connectivity index (χ1) is 7.75. The minimum atomic E-state index is 0. The van der Waals surface area contributed by atoms with Gasteiger partial charge in [-0.1, -0.05) is 38.1 Å². The molecule has 0 bridgehead atoms. The van der Waals surface area contributed by atoms with Gasteiger partial charge in [-0.2, -0.15) is 0 Å². The number of nitrogens with one attached hydrogen (secondary N) is 1. The van der Waals surface area contributed by atoms with Gasteiger partial charge in [-0.3, -0.25) is 4.90 Å². The summed E-state index contributed by atoms with van der Waals surface area (Å²) in [6, 6.07) is 9.08. The second kappa shape index (κ2) is 8.76. The lowest BCUT2D eigenvalue weighted by atomic mass is 10.0. The van der Waals surface area contributed by atoms with Gasteiger partial charge in [0.25, 0.3) is 0 Å². The predicted octanol–water partition coefficient (Wildman–Crippen LogP) is 3.06. The zero-order valence-corrected chi connectivity index (χ0v) is 12.8. The summed E-state index contributed by atoms with van der Waals surface area (Å²) in [6.07, 6.45) is 0. The number of rotatable bonds is 3. The molecule has 0 radical (unpaired) electrons. The van der Waals surface area contributed by atoms with Crippen LogP contribution in [0.2, 0.25) is 0 Å². The Morgan fingerprint density at radius 3 is 2.11 bits per heavy atom. The first-order valence-electron chi connectivity index (χ1n) is 6.27. The highest BCUT2D eigenvalue weighted by molar-refractivity contribution is 5.85. The SMILES string of the molecule is CC(C)c1ccc(CN2CCNCC2)cc1.Cl.Cl. The second-order valence-corrected chi connectivity index (χ2v) is 4.92. The van der Waals surface area contributed by atoms with Crippen LogP contribution in [0.5, 0.6) is 0 Å². The van der Waals surface area contributed by atoms with Gasteiger partial charge in [-0.05, 0) is 17.0 Å². The lowest BCUT2D eigenvalue weighted by Crippen LogP contribution is -2.42. The molecule has 1 aromatic rings. The van der Waals surface area contributed by atoms with E-state index in [4.69, 9.17) is 0 Å². The molecule has 0 aliphatic carbocycles. The van der Waals surface area contributed by atoms with Gasteiger partial charge >= 0.3 is 0 Å². The van der Waals surface area contributed by atoms with Crippen LogP contribution in [0.25, 0.3) is 0 Å². The van der Waals surface area contributed by atoms with E-state index in [-0.39, 0.29) is 24.8 Å². The van der Waals surface area contributed by atoms with E-state index in [1.165, 1.54) is 24.2 Å². The zero-order chi connectivity index (χ0) is 11.4. The molecule has 0 atom stereocenters. The summed E-state index contributed by atoms with van der Waals surface area (Å²) < 4.78 is 0. The molecule has 4 heteroatoms. The minimum absolute atomic E-state index is 0.